The van der Waals surface area contributed by atoms with Gasteiger partial charge < -0.3 is 0 Å². The molecular formula is C9H6BrN3OS. The van der Waals surface area contributed by atoms with Crippen molar-refractivity contribution in [3.8, 4) is 0 Å². The zero-order valence-electron chi connectivity index (χ0n) is 7.55. The van der Waals surface area contributed by atoms with Crippen LogP contribution in [0.4, 0.5) is 0 Å². The normalized spacial score (nSPS) is 10.2. The van der Waals surface area contributed by atoms with Gasteiger partial charge in [-0.05, 0) is 39.6 Å². The Kier molecular flexibility index (Phi) is 3.17. The van der Waals surface area contributed by atoms with Gasteiger partial charge in [-0.2, -0.15) is 0 Å². The number of carbonyl (C=O) groups excluding carboxylic acids is 1. The summed E-state index contributed by atoms with van der Waals surface area (Å²) in [5, 5.41) is 5.35. The molecule has 2 aromatic heterocycles. The molecule has 0 aliphatic heterocycles. The molecule has 2 aromatic rings. The van der Waals surface area contributed by atoms with E-state index in [4.69, 9.17) is 0 Å². The average molecular weight is 284 g/mol. The maximum atomic E-state index is 11.6. The van der Waals surface area contributed by atoms with Crippen LogP contribution in [0.5, 0.6) is 0 Å². The second-order valence-corrected chi connectivity index (χ2v) is 4.38. The van der Waals surface area contributed by atoms with Crippen molar-refractivity contribution in [3.63, 3.8) is 0 Å². The lowest BCUT2D eigenvalue weighted by atomic mass is 10.2. The molecule has 4 nitrogen and oxygen atoms in total. The highest BCUT2D eigenvalue weighted by Crippen LogP contribution is 2.09. The van der Waals surface area contributed by atoms with Crippen LogP contribution in [0, 0.1) is 0 Å². The van der Waals surface area contributed by atoms with Gasteiger partial charge in [-0.3, -0.25) is 9.78 Å². The van der Waals surface area contributed by atoms with Crippen LogP contribution in [-0.4, -0.2) is 20.4 Å². The third kappa shape index (κ3) is 2.66. The fourth-order valence-corrected chi connectivity index (χ4v) is 1.75. The molecule has 0 saturated carbocycles. The maximum absolute atomic E-state index is 11.6. The van der Waals surface area contributed by atoms with Crippen LogP contribution in [-0.2, 0) is 6.42 Å². The van der Waals surface area contributed by atoms with E-state index < -0.39 is 0 Å². The summed E-state index contributed by atoms with van der Waals surface area (Å²) in [6.45, 7) is 0. The van der Waals surface area contributed by atoms with Crippen LogP contribution in [0.1, 0.15) is 16.2 Å². The molecular weight excluding hydrogens is 278 g/mol. The number of nitrogens with zero attached hydrogens (tertiary/aromatic N) is 3. The number of ketones is 1. The van der Waals surface area contributed by atoms with Crippen molar-refractivity contribution in [1.29, 1.82) is 0 Å². The Morgan fingerprint density at radius 3 is 2.93 bits per heavy atom. The first kappa shape index (κ1) is 10.4. The summed E-state index contributed by atoms with van der Waals surface area (Å²) in [4.78, 5) is 15.7. The minimum absolute atomic E-state index is 0.0569. The van der Waals surface area contributed by atoms with E-state index >= 15 is 0 Å². The van der Waals surface area contributed by atoms with Gasteiger partial charge in [0.15, 0.2) is 5.78 Å². The van der Waals surface area contributed by atoms with Gasteiger partial charge >= 0.3 is 0 Å². The quantitative estimate of drug-likeness (QED) is 0.810. The van der Waals surface area contributed by atoms with Crippen LogP contribution >= 0.6 is 27.5 Å². The molecule has 0 unspecified atom stereocenters. The lowest BCUT2D eigenvalue weighted by molar-refractivity contribution is 0.0987. The Balaban J connectivity index is 2.09. The van der Waals surface area contributed by atoms with Crippen molar-refractivity contribution in [3.05, 3.63) is 39.6 Å². The summed E-state index contributed by atoms with van der Waals surface area (Å²) in [7, 11) is 0. The molecule has 0 N–H and O–H groups in total. The molecule has 0 bridgehead atoms. The summed E-state index contributed by atoms with van der Waals surface area (Å²) < 4.78 is 4.54. The average Bonchev–Trinajstić information content (AvgIpc) is 2.74. The lowest BCUT2D eigenvalue weighted by Crippen LogP contribution is -2.05. The van der Waals surface area contributed by atoms with Gasteiger partial charge in [0.1, 0.15) is 5.69 Å². The first-order valence-electron chi connectivity index (χ1n) is 4.16. The van der Waals surface area contributed by atoms with E-state index in [-0.39, 0.29) is 12.2 Å². The minimum Gasteiger partial charge on any atom is -0.292 e. The Morgan fingerprint density at radius 1 is 1.47 bits per heavy atom. The summed E-state index contributed by atoms with van der Waals surface area (Å²) in [5.74, 6) is -0.0569. The predicted octanol–water partition coefficient (Wildman–Crippen LogP) is 2.12. The van der Waals surface area contributed by atoms with Gasteiger partial charge in [-0.25, -0.2) is 0 Å². The largest absolute Gasteiger partial charge is 0.292 e. The van der Waals surface area contributed by atoms with E-state index in [2.05, 4.69) is 30.5 Å². The fraction of sp³-hybridized carbons (Fsp3) is 0.111. The molecule has 0 atom stereocenters. The van der Waals surface area contributed by atoms with Crippen LogP contribution in [0.2, 0.25) is 0 Å². The summed E-state index contributed by atoms with van der Waals surface area (Å²) in [5.41, 5.74) is 1.14. The van der Waals surface area contributed by atoms with Gasteiger partial charge in [0.2, 0.25) is 0 Å². The highest BCUT2D eigenvalue weighted by molar-refractivity contribution is 9.10. The van der Waals surface area contributed by atoms with E-state index in [9.17, 15) is 4.79 Å². The zero-order valence-corrected chi connectivity index (χ0v) is 9.96. The number of Topliss-reactive ketones (excluding diaryl/α,β-unsaturated/α-hetero) is 1. The van der Waals surface area contributed by atoms with Crippen LogP contribution in [0.3, 0.4) is 0 Å². The number of halogens is 1. The number of aromatic nitrogens is 3. The minimum atomic E-state index is -0.0569. The molecule has 0 fully saturated rings. The molecule has 0 saturated heterocycles. The molecule has 0 aliphatic rings. The topological polar surface area (TPSA) is 55.7 Å². The highest BCUT2D eigenvalue weighted by atomic mass is 79.9. The van der Waals surface area contributed by atoms with E-state index in [1.54, 1.807) is 11.6 Å². The Hall–Kier alpha value is -1.14. The molecule has 15 heavy (non-hydrogen) atoms. The van der Waals surface area contributed by atoms with Crippen molar-refractivity contribution in [2.24, 2.45) is 0 Å². The molecule has 0 aromatic carbocycles. The van der Waals surface area contributed by atoms with E-state index in [0.717, 1.165) is 10.2 Å². The van der Waals surface area contributed by atoms with Gasteiger partial charge in [0.25, 0.3) is 0 Å². The SMILES string of the molecule is O=C(Cc1ccc(Br)cn1)c1csnn1. The predicted molar refractivity (Wildman–Crippen MR) is 59.9 cm³/mol. The van der Waals surface area contributed by atoms with Crippen molar-refractivity contribution < 1.29 is 4.79 Å². The van der Waals surface area contributed by atoms with Gasteiger partial charge in [0.05, 0.1) is 6.42 Å². The smallest absolute Gasteiger partial charge is 0.189 e. The van der Waals surface area contributed by atoms with E-state index in [1.807, 2.05) is 12.1 Å². The second-order valence-electron chi connectivity index (χ2n) is 2.86. The van der Waals surface area contributed by atoms with Crippen molar-refractivity contribution in [2.45, 2.75) is 6.42 Å². The van der Waals surface area contributed by atoms with Crippen LogP contribution in [0.15, 0.2) is 28.2 Å². The van der Waals surface area contributed by atoms with Gasteiger partial charge in [0, 0.05) is 21.7 Å². The van der Waals surface area contributed by atoms with Crippen LogP contribution < -0.4 is 0 Å². The van der Waals surface area contributed by atoms with Crippen molar-refractivity contribution >= 4 is 33.2 Å². The Labute approximate surface area is 98.7 Å². The van der Waals surface area contributed by atoms with Gasteiger partial charge in [-0.1, -0.05) is 4.49 Å². The third-order valence-electron chi connectivity index (χ3n) is 1.78. The number of pyridine rings is 1. The van der Waals surface area contributed by atoms with Gasteiger partial charge in [-0.15, -0.1) is 5.10 Å². The summed E-state index contributed by atoms with van der Waals surface area (Å²) in [6.07, 6.45) is 1.93. The number of rotatable bonds is 3. The van der Waals surface area contributed by atoms with E-state index in [1.165, 1.54) is 11.5 Å². The fourth-order valence-electron chi connectivity index (χ4n) is 1.05. The third-order valence-corrected chi connectivity index (χ3v) is 2.75. The maximum Gasteiger partial charge on any atom is 0.189 e. The van der Waals surface area contributed by atoms with Crippen molar-refractivity contribution in [1.82, 2.24) is 14.6 Å². The number of hydrogen-bond acceptors (Lipinski definition) is 5. The second kappa shape index (κ2) is 4.59. The number of carbonyl (C=O) groups is 1. The molecule has 0 radical (unpaired) electrons. The van der Waals surface area contributed by atoms with Crippen molar-refractivity contribution in [2.75, 3.05) is 0 Å². The zero-order chi connectivity index (χ0) is 10.7. The first-order chi connectivity index (χ1) is 7.25. The molecule has 0 amide bonds. The monoisotopic (exact) mass is 283 g/mol. The molecule has 2 heterocycles. The Morgan fingerprint density at radius 2 is 2.33 bits per heavy atom. The van der Waals surface area contributed by atoms with Crippen LogP contribution in [0.25, 0.3) is 0 Å². The summed E-state index contributed by atoms with van der Waals surface area (Å²) in [6, 6.07) is 3.66. The standard InChI is InChI=1S/C9H6BrN3OS/c10-6-1-2-7(11-4-6)3-9(14)8-5-15-13-12-8/h1-2,4-5H,3H2. The number of hydrogen-bond donors (Lipinski definition) is 0. The molecule has 6 heteroatoms. The molecule has 0 aliphatic carbocycles. The molecule has 0 spiro atoms. The lowest BCUT2D eigenvalue weighted by Gasteiger charge is -1.97. The molecule has 2 rings (SSSR count). The summed E-state index contributed by atoms with van der Waals surface area (Å²) >= 11 is 4.45. The van der Waals surface area contributed by atoms with E-state index in [0.29, 0.717) is 5.69 Å². The molecule has 76 valence electrons. The highest BCUT2D eigenvalue weighted by Gasteiger charge is 2.10. The first-order valence-corrected chi connectivity index (χ1v) is 5.79. The Bertz CT molecular complexity index is 455.